The van der Waals surface area contributed by atoms with E-state index in [4.69, 9.17) is 11.6 Å². The first kappa shape index (κ1) is 22.0. The van der Waals surface area contributed by atoms with Crippen molar-refractivity contribution in [1.82, 2.24) is 14.7 Å². The number of piperidine rings is 1. The largest absolute Gasteiger partial charge is 0.326 e. The van der Waals surface area contributed by atoms with Crippen LogP contribution in [-0.2, 0) is 11.3 Å². The maximum Gasteiger partial charge on any atom is 0.258 e. The quantitative estimate of drug-likeness (QED) is 0.574. The Bertz CT molecular complexity index is 1090. The molecule has 0 atom stereocenters. The first-order valence-corrected chi connectivity index (χ1v) is 11.1. The van der Waals surface area contributed by atoms with E-state index in [2.05, 4.69) is 20.6 Å². The van der Waals surface area contributed by atoms with Crippen molar-refractivity contribution in [2.75, 3.05) is 23.7 Å². The van der Waals surface area contributed by atoms with Gasteiger partial charge >= 0.3 is 0 Å². The van der Waals surface area contributed by atoms with E-state index < -0.39 is 0 Å². The van der Waals surface area contributed by atoms with Crippen molar-refractivity contribution in [3.8, 4) is 0 Å². The molecule has 1 aromatic heterocycles. The Kier molecular flexibility index (Phi) is 6.87. The predicted octanol–water partition coefficient (Wildman–Crippen LogP) is 4.58. The minimum absolute atomic E-state index is 0.0686. The van der Waals surface area contributed by atoms with Crippen LogP contribution < -0.4 is 10.6 Å². The SMILES string of the molecule is CC(=O)Nc1ccc(CN2CCC(n3nccc3NC(=O)c3ccccc3Cl)CC2)cc1. The van der Waals surface area contributed by atoms with Crippen molar-refractivity contribution < 1.29 is 9.59 Å². The number of rotatable bonds is 6. The summed E-state index contributed by atoms with van der Waals surface area (Å²) in [6.45, 7) is 4.25. The van der Waals surface area contributed by atoms with E-state index >= 15 is 0 Å². The number of halogens is 1. The molecule has 1 saturated heterocycles. The zero-order valence-electron chi connectivity index (χ0n) is 17.9. The van der Waals surface area contributed by atoms with E-state index in [0.29, 0.717) is 16.4 Å². The number of likely N-dealkylation sites (tertiary alicyclic amines) is 1. The molecule has 0 radical (unpaired) electrons. The fourth-order valence-corrected chi connectivity index (χ4v) is 4.23. The van der Waals surface area contributed by atoms with Gasteiger partial charge in [-0.3, -0.25) is 14.5 Å². The molecule has 3 aromatic rings. The Morgan fingerprint density at radius 1 is 1.03 bits per heavy atom. The summed E-state index contributed by atoms with van der Waals surface area (Å²) in [4.78, 5) is 26.2. The Morgan fingerprint density at radius 2 is 1.75 bits per heavy atom. The Balaban J connectivity index is 1.33. The van der Waals surface area contributed by atoms with Crippen LogP contribution in [0.5, 0.6) is 0 Å². The van der Waals surface area contributed by atoms with Gasteiger partial charge in [0.2, 0.25) is 5.91 Å². The lowest BCUT2D eigenvalue weighted by Gasteiger charge is -2.32. The topological polar surface area (TPSA) is 79.3 Å². The molecule has 1 aliphatic heterocycles. The lowest BCUT2D eigenvalue weighted by Crippen LogP contribution is -2.35. The summed E-state index contributed by atoms with van der Waals surface area (Å²) in [5.41, 5.74) is 2.47. The number of carbonyl (C=O) groups is 2. The molecule has 32 heavy (non-hydrogen) atoms. The van der Waals surface area contributed by atoms with Gasteiger partial charge in [-0.2, -0.15) is 5.10 Å². The van der Waals surface area contributed by atoms with E-state index in [1.54, 1.807) is 30.5 Å². The van der Waals surface area contributed by atoms with Gasteiger partial charge in [0.25, 0.3) is 5.91 Å². The second-order valence-electron chi connectivity index (χ2n) is 7.98. The molecule has 8 heteroatoms. The van der Waals surface area contributed by atoms with E-state index in [1.807, 2.05) is 35.0 Å². The summed E-state index contributed by atoms with van der Waals surface area (Å²) in [5.74, 6) is 0.375. The van der Waals surface area contributed by atoms with Gasteiger partial charge in [-0.15, -0.1) is 0 Å². The van der Waals surface area contributed by atoms with Crippen LogP contribution in [0.2, 0.25) is 5.02 Å². The average Bonchev–Trinajstić information content (AvgIpc) is 3.23. The highest BCUT2D eigenvalue weighted by molar-refractivity contribution is 6.34. The molecule has 166 valence electrons. The summed E-state index contributed by atoms with van der Waals surface area (Å²) >= 11 is 6.15. The third kappa shape index (κ3) is 5.36. The van der Waals surface area contributed by atoms with Crippen LogP contribution in [0.1, 0.15) is 41.7 Å². The number of anilines is 2. The molecule has 7 nitrogen and oxygen atoms in total. The fourth-order valence-electron chi connectivity index (χ4n) is 4.01. The Hall–Kier alpha value is -3.16. The van der Waals surface area contributed by atoms with Crippen LogP contribution in [0.15, 0.2) is 60.8 Å². The lowest BCUT2D eigenvalue weighted by atomic mass is 10.0. The summed E-state index contributed by atoms with van der Waals surface area (Å²) in [7, 11) is 0. The van der Waals surface area contributed by atoms with Crippen molar-refractivity contribution in [2.45, 2.75) is 32.4 Å². The molecule has 2 heterocycles. The summed E-state index contributed by atoms with van der Waals surface area (Å²) in [6, 6.07) is 17.0. The highest BCUT2D eigenvalue weighted by Crippen LogP contribution is 2.27. The predicted molar refractivity (Wildman–Crippen MR) is 126 cm³/mol. The molecule has 2 amide bonds. The minimum atomic E-state index is -0.238. The third-order valence-electron chi connectivity index (χ3n) is 5.61. The Morgan fingerprint density at radius 3 is 2.44 bits per heavy atom. The van der Waals surface area contributed by atoms with Gasteiger partial charge in [0.05, 0.1) is 22.8 Å². The molecule has 1 fully saturated rings. The number of nitrogens with one attached hydrogen (secondary N) is 2. The summed E-state index contributed by atoms with van der Waals surface area (Å²) in [5, 5.41) is 10.6. The smallest absolute Gasteiger partial charge is 0.258 e. The monoisotopic (exact) mass is 451 g/mol. The van der Waals surface area contributed by atoms with Crippen molar-refractivity contribution in [2.24, 2.45) is 0 Å². The van der Waals surface area contributed by atoms with Crippen LogP contribution in [-0.4, -0.2) is 39.6 Å². The number of nitrogens with zero attached hydrogens (tertiary/aromatic N) is 3. The number of hydrogen-bond acceptors (Lipinski definition) is 4. The van der Waals surface area contributed by atoms with E-state index in [9.17, 15) is 9.59 Å². The second-order valence-corrected chi connectivity index (χ2v) is 8.39. The van der Waals surface area contributed by atoms with E-state index in [1.165, 1.54) is 12.5 Å². The summed E-state index contributed by atoms with van der Waals surface area (Å²) in [6.07, 6.45) is 3.60. The highest BCUT2D eigenvalue weighted by Gasteiger charge is 2.23. The maximum atomic E-state index is 12.6. The van der Waals surface area contributed by atoms with Gasteiger partial charge in [0, 0.05) is 38.3 Å². The van der Waals surface area contributed by atoms with Crippen LogP contribution in [0, 0.1) is 0 Å². The molecule has 2 N–H and O–H groups in total. The fraction of sp³-hybridized carbons (Fsp3) is 0.292. The van der Waals surface area contributed by atoms with Crippen molar-refractivity contribution >= 4 is 34.9 Å². The average molecular weight is 452 g/mol. The van der Waals surface area contributed by atoms with Crippen LogP contribution in [0.3, 0.4) is 0 Å². The van der Waals surface area contributed by atoms with Crippen LogP contribution in [0.25, 0.3) is 0 Å². The third-order valence-corrected chi connectivity index (χ3v) is 5.94. The van der Waals surface area contributed by atoms with Crippen molar-refractivity contribution in [3.63, 3.8) is 0 Å². The van der Waals surface area contributed by atoms with Gasteiger partial charge in [0.1, 0.15) is 5.82 Å². The first-order valence-electron chi connectivity index (χ1n) is 10.7. The molecule has 0 unspecified atom stereocenters. The summed E-state index contributed by atoms with van der Waals surface area (Å²) < 4.78 is 1.91. The van der Waals surface area contributed by atoms with Crippen LogP contribution in [0.4, 0.5) is 11.5 Å². The molecular formula is C24H26ClN5O2. The van der Waals surface area contributed by atoms with Gasteiger partial charge in [-0.05, 0) is 42.7 Å². The van der Waals surface area contributed by atoms with Crippen molar-refractivity contribution in [1.29, 1.82) is 0 Å². The first-order chi connectivity index (χ1) is 15.5. The zero-order valence-corrected chi connectivity index (χ0v) is 18.7. The van der Waals surface area contributed by atoms with Gasteiger partial charge < -0.3 is 10.6 Å². The van der Waals surface area contributed by atoms with E-state index in [-0.39, 0.29) is 17.9 Å². The van der Waals surface area contributed by atoms with E-state index in [0.717, 1.165) is 38.2 Å². The standard InChI is InChI=1S/C24H26ClN5O2/c1-17(31)27-19-8-6-18(7-9-19)16-29-14-11-20(12-15-29)30-23(10-13-26-30)28-24(32)21-4-2-3-5-22(21)25/h2-10,13,20H,11-12,14-16H2,1H3,(H,27,31)(H,28,32). The molecule has 1 aliphatic rings. The maximum absolute atomic E-state index is 12.6. The van der Waals surface area contributed by atoms with Gasteiger partial charge in [-0.1, -0.05) is 35.9 Å². The lowest BCUT2D eigenvalue weighted by molar-refractivity contribution is -0.114. The normalized spacial score (nSPS) is 14.8. The molecule has 0 spiro atoms. The molecule has 0 bridgehead atoms. The molecule has 0 saturated carbocycles. The number of aromatic nitrogens is 2. The van der Waals surface area contributed by atoms with Crippen LogP contribution >= 0.6 is 11.6 Å². The molecule has 2 aromatic carbocycles. The number of amides is 2. The Labute approximate surface area is 192 Å². The highest BCUT2D eigenvalue weighted by atomic mass is 35.5. The van der Waals surface area contributed by atoms with Gasteiger partial charge in [-0.25, -0.2) is 4.68 Å². The number of hydrogen-bond donors (Lipinski definition) is 2. The van der Waals surface area contributed by atoms with Crippen molar-refractivity contribution in [3.05, 3.63) is 76.9 Å². The molecular weight excluding hydrogens is 426 g/mol. The number of benzene rings is 2. The van der Waals surface area contributed by atoms with Gasteiger partial charge in [0.15, 0.2) is 0 Å². The zero-order chi connectivity index (χ0) is 22.5. The second kappa shape index (κ2) is 9.97. The minimum Gasteiger partial charge on any atom is -0.326 e. The molecule has 4 rings (SSSR count). The number of carbonyl (C=O) groups excluding carboxylic acids is 2. The molecule has 0 aliphatic carbocycles.